The highest BCUT2D eigenvalue weighted by Crippen LogP contribution is 2.21. The molecule has 0 atom stereocenters. The van der Waals surface area contributed by atoms with Crippen molar-refractivity contribution in [2.45, 2.75) is 13.3 Å². The van der Waals surface area contributed by atoms with Crippen molar-refractivity contribution in [3.8, 4) is 5.75 Å². The van der Waals surface area contributed by atoms with Gasteiger partial charge in [0.1, 0.15) is 5.75 Å². The number of rotatable bonds is 4. The minimum absolute atomic E-state index is 0.111. The molecule has 0 heterocycles. The maximum absolute atomic E-state index is 12.1. The van der Waals surface area contributed by atoms with Gasteiger partial charge in [0.15, 0.2) is 5.78 Å². The molecule has 0 aromatic heterocycles. The first-order valence-electron chi connectivity index (χ1n) is 5.92. The quantitative estimate of drug-likeness (QED) is 0.765. The van der Waals surface area contributed by atoms with Crippen LogP contribution in [0.15, 0.2) is 48.5 Å². The minimum Gasteiger partial charge on any atom is -0.496 e. The van der Waals surface area contributed by atoms with Crippen LogP contribution in [0.2, 0.25) is 0 Å². The van der Waals surface area contributed by atoms with Crippen LogP contribution in [0.5, 0.6) is 5.75 Å². The Morgan fingerprint density at radius 3 is 2.50 bits per heavy atom. The van der Waals surface area contributed by atoms with Gasteiger partial charge in [0.25, 0.3) is 0 Å². The largest absolute Gasteiger partial charge is 0.496 e. The van der Waals surface area contributed by atoms with Gasteiger partial charge in [-0.3, -0.25) is 4.79 Å². The highest BCUT2D eigenvalue weighted by atomic mass is 16.5. The lowest BCUT2D eigenvalue weighted by Crippen LogP contribution is -2.05. The summed E-state index contributed by atoms with van der Waals surface area (Å²) in [6, 6.07) is 15.2. The molecule has 92 valence electrons. The van der Waals surface area contributed by atoms with Crippen LogP contribution in [0, 0.1) is 6.92 Å². The maximum atomic E-state index is 12.1. The summed E-state index contributed by atoms with van der Waals surface area (Å²) >= 11 is 0. The normalized spacial score (nSPS) is 10.1. The fourth-order valence-electron chi connectivity index (χ4n) is 1.94. The number of benzene rings is 2. The molecular weight excluding hydrogens is 224 g/mol. The van der Waals surface area contributed by atoms with Crippen LogP contribution >= 0.6 is 0 Å². The molecule has 0 amide bonds. The van der Waals surface area contributed by atoms with E-state index in [1.807, 2.05) is 55.5 Å². The third kappa shape index (κ3) is 2.77. The van der Waals surface area contributed by atoms with Crippen LogP contribution < -0.4 is 4.74 Å². The van der Waals surface area contributed by atoms with Crippen LogP contribution in [0.3, 0.4) is 0 Å². The highest BCUT2D eigenvalue weighted by Gasteiger charge is 2.10. The maximum Gasteiger partial charge on any atom is 0.167 e. The van der Waals surface area contributed by atoms with Crippen molar-refractivity contribution in [3.63, 3.8) is 0 Å². The van der Waals surface area contributed by atoms with Crippen LogP contribution in [0.25, 0.3) is 0 Å². The Kier molecular flexibility index (Phi) is 3.78. The molecule has 0 N–H and O–H groups in total. The molecule has 2 nitrogen and oxygen atoms in total. The molecule has 0 unspecified atom stereocenters. The van der Waals surface area contributed by atoms with E-state index in [0.29, 0.717) is 6.42 Å². The van der Waals surface area contributed by atoms with Gasteiger partial charge in [-0.05, 0) is 13.0 Å². The van der Waals surface area contributed by atoms with Gasteiger partial charge in [0, 0.05) is 17.5 Å². The standard InChI is InChI=1S/C16H16O2/c1-12-8-9-16(18-2)14(10-12)11-15(17)13-6-4-3-5-7-13/h3-10H,11H2,1-2H3. The molecule has 0 radical (unpaired) electrons. The zero-order valence-corrected chi connectivity index (χ0v) is 10.6. The third-order valence-corrected chi connectivity index (χ3v) is 2.88. The summed E-state index contributed by atoms with van der Waals surface area (Å²) in [5.41, 5.74) is 2.80. The lowest BCUT2D eigenvalue weighted by atomic mass is 10.0. The predicted octanol–water partition coefficient (Wildman–Crippen LogP) is 3.43. The van der Waals surface area contributed by atoms with Gasteiger partial charge < -0.3 is 4.74 Å². The average molecular weight is 240 g/mol. The van der Waals surface area contributed by atoms with E-state index in [-0.39, 0.29) is 5.78 Å². The van der Waals surface area contributed by atoms with Crippen LogP contribution in [-0.2, 0) is 6.42 Å². The zero-order valence-electron chi connectivity index (χ0n) is 10.6. The first-order valence-corrected chi connectivity index (χ1v) is 5.92. The number of aryl methyl sites for hydroxylation is 1. The van der Waals surface area contributed by atoms with Crippen molar-refractivity contribution < 1.29 is 9.53 Å². The van der Waals surface area contributed by atoms with E-state index >= 15 is 0 Å². The number of methoxy groups -OCH3 is 1. The minimum atomic E-state index is 0.111. The van der Waals surface area contributed by atoms with Crippen molar-refractivity contribution in [1.29, 1.82) is 0 Å². The van der Waals surface area contributed by atoms with Crippen molar-refractivity contribution in [1.82, 2.24) is 0 Å². The van der Waals surface area contributed by atoms with Crippen LogP contribution in [0.1, 0.15) is 21.5 Å². The Hall–Kier alpha value is -2.09. The van der Waals surface area contributed by atoms with Gasteiger partial charge in [-0.25, -0.2) is 0 Å². The van der Waals surface area contributed by atoms with E-state index in [9.17, 15) is 4.79 Å². The summed E-state index contributed by atoms with van der Waals surface area (Å²) in [4.78, 5) is 12.1. The van der Waals surface area contributed by atoms with Gasteiger partial charge in [-0.15, -0.1) is 0 Å². The SMILES string of the molecule is COc1ccc(C)cc1CC(=O)c1ccccc1. The molecular formula is C16H16O2. The molecule has 0 saturated carbocycles. The number of ketones is 1. The lowest BCUT2D eigenvalue weighted by molar-refractivity contribution is 0.0992. The monoisotopic (exact) mass is 240 g/mol. The predicted molar refractivity (Wildman–Crippen MR) is 72.2 cm³/mol. The molecule has 2 rings (SSSR count). The number of Topliss-reactive ketones (excluding diaryl/α,β-unsaturated/α-hetero) is 1. The summed E-state index contributed by atoms with van der Waals surface area (Å²) in [5.74, 6) is 0.879. The van der Waals surface area contributed by atoms with Crippen LogP contribution in [-0.4, -0.2) is 12.9 Å². The van der Waals surface area contributed by atoms with Crippen molar-refractivity contribution in [2.24, 2.45) is 0 Å². The lowest BCUT2D eigenvalue weighted by Gasteiger charge is -2.09. The molecule has 2 heteroatoms. The second-order valence-corrected chi connectivity index (χ2v) is 4.28. The van der Waals surface area contributed by atoms with E-state index in [0.717, 1.165) is 22.4 Å². The summed E-state index contributed by atoms with van der Waals surface area (Å²) < 4.78 is 5.28. The van der Waals surface area contributed by atoms with Gasteiger partial charge >= 0.3 is 0 Å². The number of hydrogen-bond acceptors (Lipinski definition) is 2. The Balaban J connectivity index is 2.24. The number of carbonyl (C=O) groups is 1. The second-order valence-electron chi connectivity index (χ2n) is 4.28. The first kappa shape index (κ1) is 12.4. The molecule has 2 aromatic carbocycles. The van der Waals surface area contributed by atoms with Gasteiger partial charge in [0.05, 0.1) is 7.11 Å². The second kappa shape index (κ2) is 5.50. The average Bonchev–Trinajstić information content (AvgIpc) is 2.40. The molecule has 0 aliphatic carbocycles. The van der Waals surface area contributed by atoms with E-state index in [4.69, 9.17) is 4.74 Å². The number of ether oxygens (including phenoxy) is 1. The topological polar surface area (TPSA) is 26.3 Å². The van der Waals surface area contributed by atoms with Gasteiger partial charge in [-0.2, -0.15) is 0 Å². The fourth-order valence-corrected chi connectivity index (χ4v) is 1.94. The van der Waals surface area contributed by atoms with Crippen molar-refractivity contribution >= 4 is 5.78 Å². The Bertz CT molecular complexity index is 544. The van der Waals surface area contributed by atoms with Gasteiger partial charge in [-0.1, -0.05) is 48.0 Å². The van der Waals surface area contributed by atoms with Crippen molar-refractivity contribution in [2.75, 3.05) is 7.11 Å². The summed E-state index contributed by atoms with van der Waals surface area (Å²) in [6.45, 7) is 2.01. The Morgan fingerprint density at radius 2 is 1.83 bits per heavy atom. The smallest absolute Gasteiger partial charge is 0.167 e. The van der Waals surface area contributed by atoms with E-state index < -0.39 is 0 Å². The van der Waals surface area contributed by atoms with E-state index in [1.54, 1.807) is 7.11 Å². The summed E-state index contributed by atoms with van der Waals surface area (Å²) in [7, 11) is 1.63. The molecule has 0 spiro atoms. The first-order chi connectivity index (χ1) is 8.70. The van der Waals surface area contributed by atoms with Crippen LogP contribution in [0.4, 0.5) is 0 Å². The molecule has 0 aliphatic heterocycles. The molecule has 0 saturated heterocycles. The molecule has 0 bridgehead atoms. The van der Waals surface area contributed by atoms with E-state index in [1.165, 1.54) is 0 Å². The molecule has 0 aliphatic rings. The van der Waals surface area contributed by atoms with Crippen molar-refractivity contribution in [3.05, 3.63) is 65.2 Å². The van der Waals surface area contributed by atoms with Gasteiger partial charge in [0.2, 0.25) is 0 Å². The Labute approximate surface area is 107 Å². The zero-order chi connectivity index (χ0) is 13.0. The highest BCUT2D eigenvalue weighted by molar-refractivity contribution is 5.97. The molecule has 2 aromatic rings. The molecule has 0 fully saturated rings. The summed E-state index contributed by atoms with van der Waals surface area (Å²) in [6.07, 6.45) is 0.370. The number of hydrogen-bond donors (Lipinski definition) is 0. The number of carbonyl (C=O) groups excluding carboxylic acids is 1. The summed E-state index contributed by atoms with van der Waals surface area (Å²) in [5, 5.41) is 0. The van der Waals surface area contributed by atoms with E-state index in [2.05, 4.69) is 0 Å². The molecule has 18 heavy (non-hydrogen) atoms. The fraction of sp³-hybridized carbons (Fsp3) is 0.188. The Morgan fingerprint density at radius 1 is 1.11 bits per heavy atom. The third-order valence-electron chi connectivity index (χ3n) is 2.88.